The van der Waals surface area contributed by atoms with E-state index >= 15 is 0 Å². The monoisotopic (exact) mass is 375 g/mol. The molecule has 0 saturated heterocycles. The summed E-state index contributed by atoms with van der Waals surface area (Å²) >= 11 is 1.28. The minimum atomic E-state index is 0.131. The highest BCUT2D eigenvalue weighted by molar-refractivity contribution is 7.99. The molecule has 1 aromatic carbocycles. The van der Waals surface area contributed by atoms with Crippen LogP contribution in [0.2, 0.25) is 0 Å². The van der Waals surface area contributed by atoms with Crippen LogP contribution in [0.15, 0.2) is 27.8 Å². The van der Waals surface area contributed by atoms with Crippen molar-refractivity contribution in [1.82, 2.24) is 15.1 Å². The van der Waals surface area contributed by atoms with E-state index < -0.39 is 0 Å². The summed E-state index contributed by atoms with van der Waals surface area (Å²) in [6.45, 7) is 4.00. The molecule has 7 nitrogen and oxygen atoms in total. The van der Waals surface area contributed by atoms with Gasteiger partial charge in [0.2, 0.25) is 18.6 Å². The molecule has 1 aliphatic carbocycles. The van der Waals surface area contributed by atoms with Gasteiger partial charge in [0.05, 0.1) is 5.75 Å². The van der Waals surface area contributed by atoms with E-state index in [9.17, 15) is 4.79 Å². The number of thioether (sulfide) groups is 1. The second-order valence-electron chi connectivity index (χ2n) is 6.51. The van der Waals surface area contributed by atoms with Gasteiger partial charge in [0.15, 0.2) is 11.5 Å². The fraction of sp³-hybridized carbons (Fsp3) is 0.500. The van der Waals surface area contributed by atoms with Crippen LogP contribution in [0.3, 0.4) is 0 Å². The van der Waals surface area contributed by atoms with Crippen molar-refractivity contribution in [2.24, 2.45) is 5.92 Å². The number of hydrogen-bond acceptors (Lipinski definition) is 7. The number of ether oxygens (including phenoxy) is 2. The van der Waals surface area contributed by atoms with E-state index in [1.807, 2.05) is 23.1 Å². The topological polar surface area (TPSA) is 77.7 Å². The standard InChI is InChI=1S/C18H21N3O4S/c1-2-7-21(9-12-3-4-12)16(22)10-26-18-20-19-17(25-18)13-5-6-14-15(8-13)24-11-23-14/h5-6,8,12H,2-4,7,9-11H2,1H3. The lowest BCUT2D eigenvalue weighted by Gasteiger charge is -2.21. The van der Waals surface area contributed by atoms with Gasteiger partial charge in [-0.05, 0) is 43.4 Å². The molecule has 4 rings (SSSR count). The minimum Gasteiger partial charge on any atom is -0.454 e. The van der Waals surface area contributed by atoms with Crippen molar-refractivity contribution in [2.75, 3.05) is 25.6 Å². The van der Waals surface area contributed by atoms with Crippen molar-refractivity contribution < 1.29 is 18.7 Å². The Morgan fingerprint density at radius 1 is 1.27 bits per heavy atom. The molecule has 8 heteroatoms. The van der Waals surface area contributed by atoms with E-state index in [0.29, 0.717) is 34.3 Å². The Kier molecular flexibility index (Phi) is 5.01. The van der Waals surface area contributed by atoms with Crippen molar-refractivity contribution in [1.29, 1.82) is 0 Å². The van der Waals surface area contributed by atoms with Crippen molar-refractivity contribution in [2.45, 2.75) is 31.4 Å². The van der Waals surface area contributed by atoms with Gasteiger partial charge in [-0.1, -0.05) is 18.7 Å². The first-order chi connectivity index (χ1) is 12.7. The molecule has 1 amide bonds. The summed E-state index contributed by atoms with van der Waals surface area (Å²) in [5.74, 6) is 2.92. The summed E-state index contributed by atoms with van der Waals surface area (Å²) in [5, 5.41) is 8.51. The maximum Gasteiger partial charge on any atom is 0.277 e. The van der Waals surface area contributed by atoms with E-state index in [1.165, 1.54) is 24.6 Å². The summed E-state index contributed by atoms with van der Waals surface area (Å²) in [6, 6.07) is 5.48. The molecular formula is C18H21N3O4S. The number of fused-ring (bicyclic) bond motifs is 1. The number of aromatic nitrogens is 2. The van der Waals surface area contributed by atoms with Crippen LogP contribution in [-0.4, -0.2) is 46.6 Å². The third kappa shape index (κ3) is 3.95. The second-order valence-corrected chi connectivity index (χ2v) is 7.44. The SMILES string of the molecule is CCCN(CC1CC1)C(=O)CSc1nnc(-c2ccc3c(c2)OCO3)o1. The Labute approximate surface area is 156 Å². The van der Waals surface area contributed by atoms with Gasteiger partial charge in [0.1, 0.15) is 0 Å². The number of nitrogens with zero attached hydrogens (tertiary/aromatic N) is 3. The zero-order chi connectivity index (χ0) is 17.9. The molecule has 0 N–H and O–H groups in total. The molecule has 0 atom stereocenters. The maximum atomic E-state index is 12.5. The van der Waals surface area contributed by atoms with Gasteiger partial charge in [0.25, 0.3) is 5.22 Å². The summed E-state index contributed by atoms with van der Waals surface area (Å²) in [6.07, 6.45) is 3.45. The molecule has 0 radical (unpaired) electrons. The van der Waals surface area contributed by atoms with Crippen LogP contribution < -0.4 is 9.47 Å². The van der Waals surface area contributed by atoms with Crippen LogP contribution in [-0.2, 0) is 4.79 Å². The average molecular weight is 375 g/mol. The molecule has 0 spiro atoms. The van der Waals surface area contributed by atoms with Crippen molar-refractivity contribution in [3.8, 4) is 23.0 Å². The summed E-state index contributed by atoms with van der Waals surface area (Å²) in [5.41, 5.74) is 0.765. The molecule has 2 aromatic rings. The van der Waals surface area contributed by atoms with E-state index in [1.54, 1.807) is 0 Å². The van der Waals surface area contributed by atoms with E-state index in [-0.39, 0.29) is 12.7 Å². The van der Waals surface area contributed by atoms with Crippen LogP contribution in [0.25, 0.3) is 11.5 Å². The van der Waals surface area contributed by atoms with E-state index in [2.05, 4.69) is 17.1 Å². The van der Waals surface area contributed by atoms with Crippen LogP contribution in [0.1, 0.15) is 26.2 Å². The van der Waals surface area contributed by atoms with Crippen LogP contribution >= 0.6 is 11.8 Å². The zero-order valence-electron chi connectivity index (χ0n) is 14.6. The predicted molar refractivity (Wildman–Crippen MR) is 96.2 cm³/mol. The molecule has 26 heavy (non-hydrogen) atoms. The highest BCUT2D eigenvalue weighted by atomic mass is 32.2. The molecular weight excluding hydrogens is 354 g/mol. The molecule has 1 aromatic heterocycles. The molecule has 138 valence electrons. The Morgan fingerprint density at radius 3 is 2.92 bits per heavy atom. The fourth-order valence-corrected chi connectivity index (χ4v) is 3.49. The molecule has 0 unspecified atom stereocenters. The lowest BCUT2D eigenvalue weighted by Crippen LogP contribution is -2.34. The second kappa shape index (κ2) is 7.57. The summed E-state index contributed by atoms with van der Waals surface area (Å²) < 4.78 is 16.3. The Hall–Kier alpha value is -2.22. The maximum absolute atomic E-state index is 12.5. The summed E-state index contributed by atoms with van der Waals surface area (Å²) in [7, 11) is 0. The molecule has 2 heterocycles. The largest absolute Gasteiger partial charge is 0.454 e. The van der Waals surface area contributed by atoms with Crippen LogP contribution in [0.4, 0.5) is 0 Å². The van der Waals surface area contributed by atoms with Gasteiger partial charge in [-0.3, -0.25) is 4.79 Å². The van der Waals surface area contributed by atoms with E-state index in [0.717, 1.165) is 25.1 Å². The number of amides is 1. The highest BCUT2D eigenvalue weighted by Gasteiger charge is 2.26. The molecule has 0 bridgehead atoms. The number of carbonyl (C=O) groups is 1. The molecule has 2 aliphatic rings. The lowest BCUT2D eigenvalue weighted by atomic mass is 10.2. The first-order valence-corrected chi connectivity index (χ1v) is 9.85. The number of rotatable bonds is 8. The fourth-order valence-electron chi connectivity index (χ4n) is 2.83. The lowest BCUT2D eigenvalue weighted by molar-refractivity contribution is -0.128. The van der Waals surface area contributed by atoms with Gasteiger partial charge >= 0.3 is 0 Å². The Bertz CT molecular complexity index is 790. The minimum absolute atomic E-state index is 0.131. The van der Waals surface area contributed by atoms with Crippen LogP contribution in [0.5, 0.6) is 11.5 Å². The first-order valence-electron chi connectivity index (χ1n) is 8.87. The third-order valence-corrected chi connectivity index (χ3v) is 5.17. The predicted octanol–water partition coefficient (Wildman–Crippen LogP) is 3.21. The molecule has 1 saturated carbocycles. The smallest absolute Gasteiger partial charge is 0.277 e. The zero-order valence-corrected chi connectivity index (χ0v) is 15.5. The van der Waals surface area contributed by atoms with Gasteiger partial charge in [-0.15, -0.1) is 10.2 Å². The normalized spacial score (nSPS) is 15.3. The Balaban J connectivity index is 1.36. The Morgan fingerprint density at radius 2 is 2.12 bits per heavy atom. The average Bonchev–Trinajstić information content (AvgIpc) is 3.15. The van der Waals surface area contributed by atoms with Crippen molar-refractivity contribution >= 4 is 17.7 Å². The van der Waals surface area contributed by atoms with Gasteiger partial charge in [-0.25, -0.2) is 0 Å². The molecule has 1 fully saturated rings. The van der Waals surface area contributed by atoms with Crippen molar-refractivity contribution in [3.05, 3.63) is 18.2 Å². The quantitative estimate of drug-likeness (QED) is 0.656. The molecule has 1 aliphatic heterocycles. The van der Waals surface area contributed by atoms with Gasteiger partial charge in [-0.2, -0.15) is 0 Å². The highest BCUT2D eigenvalue weighted by Crippen LogP contribution is 2.36. The van der Waals surface area contributed by atoms with Gasteiger partial charge < -0.3 is 18.8 Å². The van der Waals surface area contributed by atoms with E-state index in [4.69, 9.17) is 13.9 Å². The summed E-state index contributed by atoms with van der Waals surface area (Å²) in [4.78, 5) is 14.4. The van der Waals surface area contributed by atoms with Crippen LogP contribution in [0, 0.1) is 5.92 Å². The third-order valence-electron chi connectivity index (χ3n) is 4.37. The number of benzene rings is 1. The van der Waals surface area contributed by atoms with Crippen molar-refractivity contribution in [3.63, 3.8) is 0 Å². The number of carbonyl (C=O) groups excluding carboxylic acids is 1. The first kappa shape index (κ1) is 17.2. The number of hydrogen-bond donors (Lipinski definition) is 0. The van der Waals surface area contributed by atoms with Gasteiger partial charge in [0, 0.05) is 18.7 Å².